The Labute approximate surface area is 126 Å². The molecule has 0 saturated heterocycles. The molecule has 2 aromatic carbocycles. The summed E-state index contributed by atoms with van der Waals surface area (Å²) in [5, 5.41) is 15.8. The third-order valence-corrected chi connectivity index (χ3v) is 3.41. The van der Waals surface area contributed by atoms with Gasteiger partial charge in [0.1, 0.15) is 11.5 Å². The van der Waals surface area contributed by atoms with E-state index in [0.717, 1.165) is 10.8 Å². The minimum absolute atomic E-state index is 0.108. The number of phenols is 1. The molecule has 5 heteroatoms. The lowest BCUT2D eigenvalue weighted by Gasteiger charge is -2.04. The Kier molecular flexibility index (Phi) is 3.62. The van der Waals surface area contributed by atoms with Crippen LogP contribution in [0.15, 0.2) is 58.2 Å². The number of benzene rings is 2. The number of aromatic hydroxyl groups is 1. The van der Waals surface area contributed by atoms with Crippen molar-refractivity contribution in [2.75, 3.05) is 0 Å². The molecular formula is C17H14N2O3. The summed E-state index contributed by atoms with van der Waals surface area (Å²) in [5.74, 6) is 0.277. The van der Waals surface area contributed by atoms with E-state index >= 15 is 0 Å². The molecule has 1 aromatic heterocycles. The molecule has 0 unspecified atom stereocenters. The van der Waals surface area contributed by atoms with E-state index in [1.807, 2.05) is 30.3 Å². The first-order chi connectivity index (χ1) is 10.7. The number of rotatable bonds is 3. The van der Waals surface area contributed by atoms with Gasteiger partial charge in [-0.15, -0.1) is 0 Å². The lowest BCUT2D eigenvalue weighted by molar-refractivity contribution is 0.0953. The first kappa shape index (κ1) is 13.9. The Morgan fingerprint density at radius 1 is 1.23 bits per heavy atom. The van der Waals surface area contributed by atoms with Gasteiger partial charge < -0.3 is 9.52 Å². The van der Waals surface area contributed by atoms with Crippen LogP contribution in [0.4, 0.5) is 0 Å². The number of nitrogens with one attached hydrogen (secondary N) is 1. The average Bonchev–Trinajstić information content (AvgIpc) is 2.95. The molecule has 2 N–H and O–H groups in total. The van der Waals surface area contributed by atoms with E-state index < -0.39 is 0 Å². The largest absolute Gasteiger partial charge is 0.507 e. The van der Waals surface area contributed by atoms with E-state index in [9.17, 15) is 9.90 Å². The van der Waals surface area contributed by atoms with Crippen LogP contribution in [0.1, 0.15) is 21.7 Å². The topological polar surface area (TPSA) is 74.8 Å². The molecule has 1 amide bonds. The maximum absolute atomic E-state index is 11.9. The second-order valence-electron chi connectivity index (χ2n) is 4.81. The molecule has 3 aromatic rings. The number of hydrazone groups is 1. The minimum atomic E-state index is -0.359. The van der Waals surface area contributed by atoms with Gasteiger partial charge in [-0.25, -0.2) is 5.43 Å². The standard InChI is InChI=1S/C17H14N2O3/c1-11-13(8-9-22-11)17(21)19-18-10-15-14-5-3-2-4-12(14)6-7-16(15)20/h2-10,20H,1H3,(H,19,21)/b18-10+. The van der Waals surface area contributed by atoms with Gasteiger partial charge >= 0.3 is 0 Å². The highest BCUT2D eigenvalue weighted by molar-refractivity contribution is 6.03. The zero-order valence-corrected chi connectivity index (χ0v) is 11.9. The highest BCUT2D eigenvalue weighted by atomic mass is 16.3. The van der Waals surface area contributed by atoms with E-state index in [0.29, 0.717) is 16.9 Å². The quantitative estimate of drug-likeness (QED) is 0.575. The first-order valence-electron chi connectivity index (χ1n) is 6.75. The molecule has 22 heavy (non-hydrogen) atoms. The fourth-order valence-electron chi connectivity index (χ4n) is 2.26. The summed E-state index contributed by atoms with van der Waals surface area (Å²) in [7, 11) is 0. The van der Waals surface area contributed by atoms with Gasteiger partial charge in [0.15, 0.2) is 0 Å². The van der Waals surface area contributed by atoms with Crippen molar-refractivity contribution >= 4 is 22.9 Å². The van der Waals surface area contributed by atoms with Crippen LogP contribution in [0.5, 0.6) is 5.75 Å². The molecule has 0 saturated carbocycles. The molecule has 0 fully saturated rings. The van der Waals surface area contributed by atoms with Crippen LogP contribution in [0.3, 0.4) is 0 Å². The van der Waals surface area contributed by atoms with E-state index in [1.165, 1.54) is 12.5 Å². The van der Waals surface area contributed by atoms with Crippen LogP contribution in [-0.2, 0) is 0 Å². The van der Waals surface area contributed by atoms with Crippen LogP contribution < -0.4 is 5.43 Å². The van der Waals surface area contributed by atoms with Crippen molar-refractivity contribution in [2.45, 2.75) is 6.92 Å². The molecule has 0 aliphatic rings. The van der Waals surface area contributed by atoms with Crippen molar-refractivity contribution in [1.82, 2.24) is 5.43 Å². The van der Waals surface area contributed by atoms with Gasteiger partial charge in [0.05, 0.1) is 18.0 Å². The number of fused-ring (bicyclic) bond motifs is 1. The van der Waals surface area contributed by atoms with E-state index in [2.05, 4.69) is 10.5 Å². The van der Waals surface area contributed by atoms with Crippen molar-refractivity contribution in [2.24, 2.45) is 5.10 Å². The first-order valence-corrected chi connectivity index (χ1v) is 6.75. The summed E-state index contributed by atoms with van der Waals surface area (Å²) in [6, 6.07) is 12.6. The van der Waals surface area contributed by atoms with Crippen LogP contribution >= 0.6 is 0 Å². The van der Waals surface area contributed by atoms with Crippen LogP contribution in [0.25, 0.3) is 10.8 Å². The molecule has 0 aliphatic heterocycles. The molecule has 0 spiro atoms. The van der Waals surface area contributed by atoms with Crippen molar-refractivity contribution in [1.29, 1.82) is 0 Å². The number of carbonyl (C=O) groups is 1. The van der Waals surface area contributed by atoms with Crippen molar-refractivity contribution < 1.29 is 14.3 Å². The summed E-state index contributed by atoms with van der Waals surface area (Å²) in [5.41, 5.74) is 3.41. The Balaban J connectivity index is 1.86. The summed E-state index contributed by atoms with van der Waals surface area (Å²) in [4.78, 5) is 11.9. The Morgan fingerprint density at radius 3 is 2.82 bits per heavy atom. The highest BCUT2D eigenvalue weighted by Crippen LogP contribution is 2.25. The van der Waals surface area contributed by atoms with E-state index in [4.69, 9.17) is 4.42 Å². The summed E-state index contributed by atoms with van der Waals surface area (Å²) >= 11 is 0. The van der Waals surface area contributed by atoms with Gasteiger partial charge in [-0.1, -0.05) is 30.3 Å². The maximum Gasteiger partial charge on any atom is 0.274 e. The van der Waals surface area contributed by atoms with Crippen LogP contribution in [0.2, 0.25) is 0 Å². The molecule has 5 nitrogen and oxygen atoms in total. The number of aryl methyl sites for hydroxylation is 1. The number of carbonyl (C=O) groups excluding carboxylic acids is 1. The third kappa shape index (κ3) is 2.56. The molecule has 3 rings (SSSR count). The third-order valence-electron chi connectivity index (χ3n) is 3.41. The fraction of sp³-hybridized carbons (Fsp3) is 0.0588. The average molecular weight is 294 g/mol. The summed E-state index contributed by atoms with van der Waals surface area (Å²) in [6.45, 7) is 1.70. The number of phenolic OH excluding ortho intramolecular Hbond substituents is 1. The number of hydrogen-bond donors (Lipinski definition) is 2. The molecule has 1 heterocycles. The smallest absolute Gasteiger partial charge is 0.274 e. The molecule has 0 aliphatic carbocycles. The zero-order valence-electron chi connectivity index (χ0n) is 11.9. The lowest BCUT2D eigenvalue weighted by atomic mass is 10.0. The molecular weight excluding hydrogens is 280 g/mol. The maximum atomic E-state index is 11.9. The number of furan rings is 1. The van der Waals surface area contributed by atoms with Gasteiger partial charge in [-0.2, -0.15) is 5.10 Å². The van der Waals surface area contributed by atoms with Gasteiger partial charge in [0, 0.05) is 5.56 Å². The molecule has 110 valence electrons. The monoisotopic (exact) mass is 294 g/mol. The van der Waals surface area contributed by atoms with Crippen molar-refractivity contribution in [3.05, 3.63) is 65.6 Å². The minimum Gasteiger partial charge on any atom is -0.507 e. The van der Waals surface area contributed by atoms with Gasteiger partial charge in [0.25, 0.3) is 5.91 Å². The van der Waals surface area contributed by atoms with Gasteiger partial charge in [-0.05, 0) is 29.8 Å². The van der Waals surface area contributed by atoms with E-state index in [-0.39, 0.29) is 11.7 Å². The molecule has 0 atom stereocenters. The number of hydrogen-bond acceptors (Lipinski definition) is 4. The Bertz CT molecular complexity index is 865. The summed E-state index contributed by atoms with van der Waals surface area (Å²) in [6.07, 6.45) is 2.88. The summed E-state index contributed by atoms with van der Waals surface area (Å²) < 4.78 is 5.07. The van der Waals surface area contributed by atoms with Gasteiger partial charge in [0.2, 0.25) is 0 Å². The molecule has 0 bridgehead atoms. The second-order valence-corrected chi connectivity index (χ2v) is 4.81. The predicted octanol–water partition coefficient (Wildman–Crippen LogP) is 3.21. The van der Waals surface area contributed by atoms with Crippen molar-refractivity contribution in [3.63, 3.8) is 0 Å². The SMILES string of the molecule is Cc1occc1C(=O)N/N=C/c1c(O)ccc2ccccc12. The number of nitrogens with zero attached hydrogens (tertiary/aromatic N) is 1. The van der Waals surface area contributed by atoms with E-state index in [1.54, 1.807) is 19.1 Å². The number of amides is 1. The Morgan fingerprint density at radius 2 is 2.05 bits per heavy atom. The van der Waals surface area contributed by atoms with Crippen molar-refractivity contribution in [3.8, 4) is 5.75 Å². The Hall–Kier alpha value is -3.08. The van der Waals surface area contributed by atoms with Crippen LogP contribution in [0, 0.1) is 6.92 Å². The zero-order chi connectivity index (χ0) is 15.5. The normalized spacial score (nSPS) is 11.1. The second kappa shape index (κ2) is 5.73. The highest BCUT2D eigenvalue weighted by Gasteiger charge is 2.10. The van der Waals surface area contributed by atoms with Gasteiger partial charge in [-0.3, -0.25) is 4.79 Å². The molecule has 0 radical (unpaired) electrons. The fourth-order valence-corrected chi connectivity index (χ4v) is 2.26. The lowest BCUT2D eigenvalue weighted by Crippen LogP contribution is -2.17. The van der Waals surface area contributed by atoms with Crippen LogP contribution in [-0.4, -0.2) is 17.2 Å². The predicted molar refractivity (Wildman–Crippen MR) is 84.1 cm³/mol.